The molecule has 0 aromatic heterocycles. The zero-order valence-corrected chi connectivity index (χ0v) is 12.0. The first kappa shape index (κ1) is 14.2. The van der Waals surface area contributed by atoms with E-state index in [1.54, 1.807) is 0 Å². The second-order valence-corrected chi connectivity index (χ2v) is 4.74. The molecule has 0 saturated carbocycles. The van der Waals surface area contributed by atoms with E-state index in [4.69, 9.17) is 0 Å². The molecule has 0 fully saturated rings. The Morgan fingerprint density at radius 3 is 1.80 bits per heavy atom. The van der Waals surface area contributed by atoms with E-state index in [9.17, 15) is 0 Å². The lowest BCUT2D eigenvalue weighted by Crippen LogP contribution is -2.09. The smallest absolute Gasteiger partial charge is 0.103 e. The van der Waals surface area contributed by atoms with E-state index in [0.29, 0.717) is 0 Å². The third kappa shape index (κ3) is 4.81. The Hall–Kier alpha value is -2.22. The normalized spacial score (nSPS) is 9.85. The van der Waals surface area contributed by atoms with Crippen LogP contribution >= 0.6 is 0 Å². The number of nitrogens with one attached hydrogen (secondary N) is 2. The quantitative estimate of drug-likeness (QED) is 0.669. The predicted molar refractivity (Wildman–Crippen MR) is 87.7 cm³/mol. The Labute approximate surface area is 121 Å². The highest BCUT2D eigenvalue weighted by atomic mass is 15.1. The summed E-state index contributed by atoms with van der Waals surface area (Å²) in [4.78, 5) is 0. The highest BCUT2D eigenvalue weighted by Gasteiger charge is 1.98. The van der Waals surface area contributed by atoms with Gasteiger partial charge in [-0.2, -0.15) is 0 Å². The Kier molecular flexibility index (Phi) is 5.71. The summed E-state index contributed by atoms with van der Waals surface area (Å²) in [6.45, 7) is 2.21. The molecule has 0 radical (unpaired) electrons. The van der Waals surface area contributed by atoms with Gasteiger partial charge in [-0.3, -0.25) is 0 Å². The van der Waals surface area contributed by atoms with Crippen molar-refractivity contribution in [1.29, 1.82) is 0 Å². The van der Waals surface area contributed by atoms with Crippen molar-refractivity contribution in [3.8, 4) is 0 Å². The number of benzene rings is 2. The number of allylic oxidation sites excluding steroid dienone is 1. The zero-order valence-electron chi connectivity index (χ0n) is 12.0. The topological polar surface area (TPSA) is 24.1 Å². The van der Waals surface area contributed by atoms with Crippen molar-refractivity contribution in [1.82, 2.24) is 0 Å². The van der Waals surface area contributed by atoms with Gasteiger partial charge in [-0.1, -0.05) is 49.7 Å². The van der Waals surface area contributed by atoms with Crippen LogP contribution in [0.25, 0.3) is 0 Å². The maximum absolute atomic E-state index is 3.44. The maximum Gasteiger partial charge on any atom is 0.103 e. The summed E-state index contributed by atoms with van der Waals surface area (Å²) in [7, 11) is 0. The molecule has 0 unspecified atom stereocenters. The molecule has 0 aliphatic rings. The second-order valence-electron chi connectivity index (χ2n) is 4.74. The molecule has 0 spiro atoms. The summed E-state index contributed by atoms with van der Waals surface area (Å²) in [5.74, 6) is 1.04. The number of anilines is 2. The number of hydrogen-bond donors (Lipinski definition) is 2. The molecule has 0 heterocycles. The molecule has 0 bridgehead atoms. The van der Waals surface area contributed by atoms with E-state index in [1.165, 1.54) is 12.8 Å². The maximum atomic E-state index is 3.44. The zero-order chi connectivity index (χ0) is 14.0. The molecule has 0 aliphatic heterocycles. The molecule has 0 amide bonds. The van der Waals surface area contributed by atoms with Crippen LogP contribution < -0.4 is 10.6 Å². The molecule has 0 atom stereocenters. The summed E-state index contributed by atoms with van der Waals surface area (Å²) in [6, 6.07) is 20.5. The predicted octanol–water partition coefficient (Wildman–Crippen LogP) is 5.24. The average Bonchev–Trinajstić information content (AvgIpc) is 2.49. The number of para-hydroxylation sites is 2. The third-order valence-electron chi connectivity index (χ3n) is 3.01. The summed E-state index contributed by atoms with van der Waals surface area (Å²) in [5.41, 5.74) is 2.19. The fourth-order valence-electron chi connectivity index (χ4n) is 1.94. The summed E-state index contributed by atoms with van der Waals surface area (Å²) in [5, 5.41) is 6.87. The van der Waals surface area contributed by atoms with Gasteiger partial charge in [0.2, 0.25) is 0 Å². The first-order valence-electron chi connectivity index (χ1n) is 7.23. The van der Waals surface area contributed by atoms with Crippen LogP contribution in [0.4, 0.5) is 11.4 Å². The van der Waals surface area contributed by atoms with Crippen LogP contribution in [0.5, 0.6) is 0 Å². The summed E-state index contributed by atoms with van der Waals surface area (Å²) < 4.78 is 0. The van der Waals surface area contributed by atoms with Crippen LogP contribution in [0, 0.1) is 0 Å². The first-order chi connectivity index (χ1) is 9.88. The fourth-order valence-corrected chi connectivity index (χ4v) is 1.94. The summed E-state index contributed by atoms with van der Waals surface area (Å²) in [6.07, 6.45) is 5.71. The van der Waals surface area contributed by atoms with Crippen LogP contribution in [0.1, 0.15) is 26.2 Å². The van der Waals surface area contributed by atoms with Gasteiger partial charge in [-0.05, 0) is 43.2 Å². The van der Waals surface area contributed by atoms with Gasteiger partial charge in [0.05, 0.1) is 0 Å². The third-order valence-corrected chi connectivity index (χ3v) is 3.01. The van der Waals surface area contributed by atoms with Crippen molar-refractivity contribution >= 4 is 11.4 Å². The van der Waals surface area contributed by atoms with E-state index < -0.39 is 0 Å². The van der Waals surface area contributed by atoms with E-state index in [0.717, 1.165) is 23.6 Å². The fraction of sp³-hybridized carbons (Fsp3) is 0.222. The lowest BCUT2D eigenvalue weighted by molar-refractivity contribution is 0.811. The molecular weight excluding hydrogens is 244 g/mol. The van der Waals surface area contributed by atoms with Crippen LogP contribution in [0.3, 0.4) is 0 Å². The van der Waals surface area contributed by atoms with Crippen LogP contribution in [0.2, 0.25) is 0 Å². The van der Waals surface area contributed by atoms with Gasteiger partial charge < -0.3 is 10.6 Å². The standard InChI is InChI=1S/C18H22N2/c1-2-3-6-15-18(19-16-11-7-4-8-12-16)20-17-13-9-5-10-14-17/h4-5,7-15,19-20H,2-3,6H2,1H3. The highest BCUT2D eigenvalue weighted by molar-refractivity contribution is 5.55. The Balaban J connectivity index is 2.06. The molecule has 20 heavy (non-hydrogen) atoms. The minimum absolute atomic E-state index is 1.04. The van der Waals surface area contributed by atoms with E-state index in [-0.39, 0.29) is 0 Å². The Bertz CT molecular complexity index is 474. The molecule has 0 saturated heterocycles. The molecule has 2 nitrogen and oxygen atoms in total. The van der Waals surface area contributed by atoms with Crippen molar-refractivity contribution in [3.63, 3.8) is 0 Å². The first-order valence-corrected chi connectivity index (χ1v) is 7.23. The van der Waals surface area contributed by atoms with Crippen molar-refractivity contribution in [2.24, 2.45) is 0 Å². The van der Waals surface area contributed by atoms with Gasteiger partial charge in [-0.15, -0.1) is 0 Å². The Morgan fingerprint density at radius 2 is 1.35 bits per heavy atom. The molecule has 0 aliphatic carbocycles. The monoisotopic (exact) mass is 266 g/mol. The minimum Gasteiger partial charge on any atom is -0.342 e. The highest BCUT2D eigenvalue weighted by Crippen LogP contribution is 2.14. The SMILES string of the molecule is CCCCC=C(Nc1ccccc1)Nc1ccccc1. The summed E-state index contributed by atoms with van der Waals surface area (Å²) >= 11 is 0. The molecular formula is C18H22N2. The largest absolute Gasteiger partial charge is 0.342 e. The molecule has 2 rings (SSSR count). The molecule has 2 aromatic rings. The van der Waals surface area contributed by atoms with Crippen LogP contribution in [0.15, 0.2) is 72.6 Å². The lowest BCUT2D eigenvalue weighted by Gasteiger charge is -2.14. The molecule has 2 N–H and O–H groups in total. The van der Waals surface area contributed by atoms with Crippen LogP contribution in [-0.4, -0.2) is 0 Å². The van der Waals surface area contributed by atoms with Gasteiger partial charge in [0, 0.05) is 11.4 Å². The molecule has 104 valence electrons. The second kappa shape index (κ2) is 8.05. The van der Waals surface area contributed by atoms with Gasteiger partial charge in [-0.25, -0.2) is 0 Å². The minimum atomic E-state index is 1.04. The van der Waals surface area contributed by atoms with Gasteiger partial charge in [0.15, 0.2) is 0 Å². The molecule has 2 aromatic carbocycles. The Morgan fingerprint density at radius 1 is 0.850 bits per heavy atom. The van der Waals surface area contributed by atoms with Crippen molar-refractivity contribution in [2.75, 3.05) is 10.6 Å². The lowest BCUT2D eigenvalue weighted by atomic mass is 10.2. The van der Waals surface area contributed by atoms with E-state index in [1.807, 2.05) is 36.4 Å². The average molecular weight is 266 g/mol. The molecule has 2 heteroatoms. The van der Waals surface area contributed by atoms with Gasteiger partial charge >= 0.3 is 0 Å². The van der Waals surface area contributed by atoms with E-state index in [2.05, 4.69) is 47.9 Å². The van der Waals surface area contributed by atoms with Gasteiger partial charge in [0.1, 0.15) is 5.82 Å². The van der Waals surface area contributed by atoms with E-state index >= 15 is 0 Å². The number of unbranched alkanes of at least 4 members (excludes halogenated alkanes) is 2. The van der Waals surface area contributed by atoms with Crippen molar-refractivity contribution in [2.45, 2.75) is 26.2 Å². The number of rotatable bonds is 7. The van der Waals surface area contributed by atoms with Crippen LogP contribution in [-0.2, 0) is 0 Å². The van der Waals surface area contributed by atoms with Crippen molar-refractivity contribution < 1.29 is 0 Å². The number of hydrogen-bond acceptors (Lipinski definition) is 2. The van der Waals surface area contributed by atoms with Gasteiger partial charge in [0.25, 0.3) is 0 Å². The van der Waals surface area contributed by atoms with Crippen molar-refractivity contribution in [3.05, 3.63) is 72.6 Å².